The van der Waals surface area contributed by atoms with Crippen LogP contribution in [0.15, 0.2) is 54.6 Å². The van der Waals surface area contributed by atoms with Crippen molar-refractivity contribution in [1.82, 2.24) is 5.32 Å². The number of carbonyl (C=O) groups is 1. The summed E-state index contributed by atoms with van der Waals surface area (Å²) in [5, 5.41) is 2.87. The average molecular weight is 349 g/mol. The maximum absolute atomic E-state index is 12.0. The zero-order valence-corrected chi connectivity index (χ0v) is 14.9. The van der Waals surface area contributed by atoms with Crippen LogP contribution in [0.25, 0.3) is 0 Å². The van der Waals surface area contributed by atoms with E-state index in [0.29, 0.717) is 6.54 Å². The van der Waals surface area contributed by atoms with Gasteiger partial charge in [-0.25, -0.2) is 0 Å². The SMILES string of the molecule is Cc1ccc(OC(C)CNC(=O)CC(N)c2ccccc2)cc1.Cl. The number of hydrogen-bond donors (Lipinski definition) is 2. The van der Waals surface area contributed by atoms with Gasteiger partial charge in [-0.05, 0) is 31.5 Å². The van der Waals surface area contributed by atoms with E-state index in [-0.39, 0.29) is 36.9 Å². The number of aryl methyl sites for hydroxylation is 1. The number of hydrogen-bond acceptors (Lipinski definition) is 3. The summed E-state index contributed by atoms with van der Waals surface area (Å²) in [4.78, 5) is 12.0. The van der Waals surface area contributed by atoms with E-state index in [1.165, 1.54) is 5.56 Å². The van der Waals surface area contributed by atoms with Crippen molar-refractivity contribution in [3.63, 3.8) is 0 Å². The Hall–Kier alpha value is -2.04. The largest absolute Gasteiger partial charge is 0.489 e. The average Bonchev–Trinajstić information content (AvgIpc) is 2.56. The fraction of sp³-hybridized carbons (Fsp3) is 0.316. The van der Waals surface area contributed by atoms with Gasteiger partial charge in [0.2, 0.25) is 5.91 Å². The minimum atomic E-state index is -0.287. The lowest BCUT2D eigenvalue weighted by atomic mass is 10.0. The van der Waals surface area contributed by atoms with Crippen LogP contribution in [0.5, 0.6) is 5.75 Å². The van der Waals surface area contributed by atoms with Gasteiger partial charge < -0.3 is 15.8 Å². The van der Waals surface area contributed by atoms with Crippen molar-refractivity contribution in [3.05, 3.63) is 65.7 Å². The maximum Gasteiger partial charge on any atom is 0.222 e. The molecule has 5 heteroatoms. The molecule has 0 aliphatic heterocycles. The van der Waals surface area contributed by atoms with E-state index < -0.39 is 0 Å². The Bertz CT molecular complexity index is 617. The molecule has 0 aromatic heterocycles. The Morgan fingerprint density at radius 3 is 2.38 bits per heavy atom. The van der Waals surface area contributed by atoms with Crippen LogP contribution >= 0.6 is 12.4 Å². The van der Waals surface area contributed by atoms with Gasteiger partial charge in [-0.2, -0.15) is 0 Å². The van der Waals surface area contributed by atoms with Crippen LogP contribution < -0.4 is 15.8 Å². The van der Waals surface area contributed by atoms with Gasteiger partial charge in [-0.3, -0.25) is 4.79 Å². The molecule has 0 aliphatic rings. The Balaban J connectivity index is 0.00000288. The number of benzene rings is 2. The standard InChI is InChI=1S/C19H24N2O2.ClH/c1-14-8-10-17(11-9-14)23-15(2)13-21-19(22)12-18(20)16-6-4-3-5-7-16;/h3-11,15,18H,12-13,20H2,1-2H3,(H,21,22);1H. The van der Waals surface area contributed by atoms with Gasteiger partial charge in [0.25, 0.3) is 0 Å². The van der Waals surface area contributed by atoms with Crippen LogP contribution in [0.2, 0.25) is 0 Å². The third-order valence-electron chi connectivity index (χ3n) is 3.58. The lowest BCUT2D eigenvalue weighted by molar-refractivity contribution is -0.121. The van der Waals surface area contributed by atoms with Crippen molar-refractivity contribution in [2.45, 2.75) is 32.4 Å². The van der Waals surface area contributed by atoms with Crippen molar-refractivity contribution in [1.29, 1.82) is 0 Å². The smallest absolute Gasteiger partial charge is 0.222 e. The van der Waals surface area contributed by atoms with E-state index in [1.54, 1.807) is 0 Å². The van der Waals surface area contributed by atoms with Crippen molar-refractivity contribution < 1.29 is 9.53 Å². The van der Waals surface area contributed by atoms with Crippen molar-refractivity contribution in [2.75, 3.05) is 6.54 Å². The predicted molar refractivity (Wildman–Crippen MR) is 99.5 cm³/mol. The highest BCUT2D eigenvalue weighted by molar-refractivity contribution is 5.85. The van der Waals surface area contributed by atoms with Gasteiger partial charge in [-0.1, -0.05) is 48.0 Å². The summed E-state index contributed by atoms with van der Waals surface area (Å²) < 4.78 is 5.76. The van der Waals surface area contributed by atoms with Crippen LogP contribution in [0, 0.1) is 6.92 Å². The summed E-state index contributed by atoms with van der Waals surface area (Å²) >= 11 is 0. The highest BCUT2D eigenvalue weighted by atomic mass is 35.5. The molecule has 0 aliphatic carbocycles. The molecule has 4 nitrogen and oxygen atoms in total. The van der Waals surface area contributed by atoms with Crippen molar-refractivity contribution in [2.24, 2.45) is 5.73 Å². The molecule has 0 radical (unpaired) electrons. The molecule has 0 heterocycles. The molecule has 1 amide bonds. The number of halogens is 1. The first-order valence-electron chi connectivity index (χ1n) is 7.85. The number of ether oxygens (including phenoxy) is 1. The van der Waals surface area contributed by atoms with Crippen LogP contribution in [-0.4, -0.2) is 18.6 Å². The Morgan fingerprint density at radius 1 is 1.12 bits per heavy atom. The molecule has 0 saturated carbocycles. The van der Waals surface area contributed by atoms with E-state index >= 15 is 0 Å². The molecule has 2 aromatic rings. The summed E-state index contributed by atoms with van der Waals surface area (Å²) in [6.45, 7) is 4.41. The lowest BCUT2D eigenvalue weighted by Gasteiger charge is -2.17. The minimum Gasteiger partial charge on any atom is -0.489 e. The molecular weight excluding hydrogens is 324 g/mol. The zero-order chi connectivity index (χ0) is 16.7. The van der Waals surface area contributed by atoms with Crippen LogP contribution in [0.4, 0.5) is 0 Å². The fourth-order valence-electron chi connectivity index (χ4n) is 2.24. The van der Waals surface area contributed by atoms with Gasteiger partial charge in [0.05, 0.1) is 6.54 Å². The number of rotatable bonds is 7. The topological polar surface area (TPSA) is 64.3 Å². The summed E-state index contributed by atoms with van der Waals surface area (Å²) in [7, 11) is 0. The first-order chi connectivity index (χ1) is 11.0. The second-order valence-electron chi connectivity index (χ2n) is 5.77. The van der Waals surface area contributed by atoms with Gasteiger partial charge in [-0.15, -0.1) is 12.4 Å². The zero-order valence-electron chi connectivity index (χ0n) is 14.1. The molecule has 2 unspecified atom stereocenters. The maximum atomic E-state index is 12.0. The molecule has 0 fully saturated rings. The second-order valence-corrected chi connectivity index (χ2v) is 5.77. The molecule has 3 N–H and O–H groups in total. The lowest BCUT2D eigenvalue weighted by Crippen LogP contribution is -2.35. The van der Waals surface area contributed by atoms with E-state index in [1.807, 2.05) is 68.4 Å². The highest BCUT2D eigenvalue weighted by Gasteiger charge is 2.12. The summed E-state index contributed by atoms with van der Waals surface area (Å²) in [5.41, 5.74) is 8.20. The number of nitrogens with one attached hydrogen (secondary N) is 1. The molecule has 130 valence electrons. The molecule has 0 spiro atoms. The Kier molecular flexibility index (Phi) is 8.30. The highest BCUT2D eigenvalue weighted by Crippen LogP contribution is 2.14. The summed E-state index contributed by atoms with van der Waals surface area (Å²) in [5.74, 6) is 0.735. The van der Waals surface area contributed by atoms with Crippen LogP contribution in [0.1, 0.15) is 30.5 Å². The van der Waals surface area contributed by atoms with Gasteiger partial charge in [0, 0.05) is 12.5 Å². The Morgan fingerprint density at radius 2 is 1.75 bits per heavy atom. The van der Waals surface area contributed by atoms with Crippen LogP contribution in [0.3, 0.4) is 0 Å². The monoisotopic (exact) mass is 348 g/mol. The molecule has 0 saturated heterocycles. The molecule has 2 aromatic carbocycles. The molecule has 0 bridgehead atoms. The second kappa shape index (κ2) is 9.96. The molecular formula is C19H25ClN2O2. The summed E-state index contributed by atoms with van der Waals surface area (Å²) in [6.07, 6.45) is 0.163. The van der Waals surface area contributed by atoms with Gasteiger partial charge >= 0.3 is 0 Å². The fourth-order valence-corrected chi connectivity index (χ4v) is 2.24. The first-order valence-corrected chi connectivity index (χ1v) is 7.85. The van der Waals surface area contributed by atoms with E-state index in [9.17, 15) is 4.79 Å². The third kappa shape index (κ3) is 6.60. The van der Waals surface area contributed by atoms with Crippen molar-refractivity contribution in [3.8, 4) is 5.75 Å². The van der Waals surface area contributed by atoms with E-state index in [0.717, 1.165) is 11.3 Å². The summed E-state index contributed by atoms with van der Waals surface area (Å²) in [6, 6.07) is 17.2. The normalized spacial score (nSPS) is 12.6. The predicted octanol–water partition coefficient (Wildman–Crippen LogP) is 3.39. The van der Waals surface area contributed by atoms with E-state index in [2.05, 4.69) is 5.32 Å². The minimum absolute atomic E-state index is 0. The molecule has 2 rings (SSSR count). The number of carbonyl (C=O) groups excluding carboxylic acids is 1. The Labute approximate surface area is 149 Å². The number of amides is 1. The van der Waals surface area contributed by atoms with E-state index in [4.69, 9.17) is 10.5 Å². The molecule has 24 heavy (non-hydrogen) atoms. The van der Waals surface area contributed by atoms with Gasteiger partial charge in [0.15, 0.2) is 0 Å². The van der Waals surface area contributed by atoms with Crippen LogP contribution in [-0.2, 0) is 4.79 Å². The first kappa shape index (κ1) is 20.0. The van der Waals surface area contributed by atoms with Gasteiger partial charge in [0.1, 0.15) is 11.9 Å². The third-order valence-corrected chi connectivity index (χ3v) is 3.58. The quantitative estimate of drug-likeness (QED) is 0.806. The molecule has 2 atom stereocenters. The van der Waals surface area contributed by atoms with Crippen molar-refractivity contribution >= 4 is 18.3 Å². The number of nitrogens with two attached hydrogens (primary N) is 1.